The van der Waals surface area contributed by atoms with Crippen molar-refractivity contribution < 1.29 is 33.0 Å². The summed E-state index contributed by atoms with van der Waals surface area (Å²) < 4.78 is 35.2. The van der Waals surface area contributed by atoms with Gasteiger partial charge in [0.15, 0.2) is 0 Å². The topological polar surface area (TPSA) is 79.3 Å². The zero-order chi connectivity index (χ0) is 20.1. The molecule has 1 aromatic carbocycles. The van der Waals surface area contributed by atoms with Crippen molar-refractivity contribution in [3.05, 3.63) is 28.8 Å². The van der Waals surface area contributed by atoms with Crippen LogP contribution in [0.2, 0.25) is 0 Å². The van der Waals surface area contributed by atoms with Crippen molar-refractivity contribution in [3.63, 3.8) is 0 Å². The van der Waals surface area contributed by atoms with Crippen LogP contribution in [0.1, 0.15) is 21.5 Å². The highest BCUT2D eigenvalue weighted by molar-refractivity contribution is 5.95. The Labute approximate surface area is 156 Å². The summed E-state index contributed by atoms with van der Waals surface area (Å²) in [5.74, 6) is -1.08. The number of carbonyl (C=O) groups is 2. The lowest BCUT2D eigenvalue weighted by atomic mass is 10.0. The summed E-state index contributed by atoms with van der Waals surface area (Å²) in [6, 6.07) is 3.07. The van der Waals surface area contributed by atoms with Gasteiger partial charge in [0.2, 0.25) is 0 Å². The maximum Gasteiger partial charge on any atom is 0.387 e. The first-order valence-electron chi connectivity index (χ1n) is 8.54. The molecule has 1 aromatic rings. The van der Waals surface area contributed by atoms with Crippen molar-refractivity contribution in [2.75, 3.05) is 39.8 Å². The number of alkyl halides is 2. The van der Waals surface area contributed by atoms with E-state index < -0.39 is 12.6 Å². The standard InChI is InChI=1S/C18H24F2N2O5/c1-11-6-13(7-12(2)16(11)27-18(19)20)17(25)22-4-5-26-14(9-22)8-21(3)10-15(23)24/h6-7,14,18H,4-5,8-10H2,1-3H3,(H,23,24). The molecular weight excluding hydrogens is 362 g/mol. The number of rotatable bonds is 7. The number of hydrogen-bond acceptors (Lipinski definition) is 5. The average molecular weight is 386 g/mol. The number of aliphatic carboxylic acids is 1. The molecule has 0 aliphatic carbocycles. The molecule has 150 valence electrons. The zero-order valence-electron chi connectivity index (χ0n) is 15.6. The number of benzene rings is 1. The first-order chi connectivity index (χ1) is 12.7. The van der Waals surface area contributed by atoms with Crippen molar-refractivity contribution in [2.24, 2.45) is 0 Å². The Morgan fingerprint density at radius 2 is 2.00 bits per heavy atom. The maximum atomic E-state index is 12.8. The number of likely N-dealkylation sites (N-methyl/N-ethyl adjacent to an activating group) is 1. The van der Waals surface area contributed by atoms with E-state index in [-0.39, 0.29) is 24.3 Å². The van der Waals surface area contributed by atoms with E-state index in [1.165, 1.54) is 12.1 Å². The summed E-state index contributed by atoms with van der Waals surface area (Å²) in [7, 11) is 1.67. The molecule has 9 heteroatoms. The molecule has 1 atom stereocenters. The maximum absolute atomic E-state index is 12.8. The molecule has 1 fully saturated rings. The van der Waals surface area contributed by atoms with E-state index >= 15 is 0 Å². The number of carbonyl (C=O) groups excluding carboxylic acids is 1. The van der Waals surface area contributed by atoms with Gasteiger partial charge in [-0.05, 0) is 44.2 Å². The Kier molecular flexibility index (Phi) is 7.09. The minimum atomic E-state index is -2.92. The van der Waals surface area contributed by atoms with Crippen LogP contribution in [0.5, 0.6) is 5.75 Å². The van der Waals surface area contributed by atoms with Crippen LogP contribution < -0.4 is 4.74 Å². The third-order valence-electron chi connectivity index (χ3n) is 4.26. The number of amides is 1. The molecule has 7 nitrogen and oxygen atoms in total. The van der Waals surface area contributed by atoms with Crippen molar-refractivity contribution in [1.29, 1.82) is 0 Å². The highest BCUT2D eigenvalue weighted by atomic mass is 19.3. The average Bonchev–Trinajstić information content (AvgIpc) is 2.56. The minimum Gasteiger partial charge on any atom is -0.480 e. The quantitative estimate of drug-likeness (QED) is 0.769. The van der Waals surface area contributed by atoms with Crippen LogP contribution in [0.4, 0.5) is 8.78 Å². The summed E-state index contributed by atoms with van der Waals surface area (Å²) in [4.78, 5) is 26.8. The number of halogens is 2. The zero-order valence-corrected chi connectivity index (χ0v) is 15.6. The number of hydrogen-bond donors (Lipinski definition) is 1. The Morgan fingerprint density at radius 3 is 2.56 bits per heavy atom. The fourth-order valence-corrected chi connectivity index (χ4v) is 3.19. The number of aryl methyl sites for hydroxylation is 2. The summed E-state index contributed by atoms with van der Waals surface area (Å²) in [5, 5.41) is 8.83. The van der Waals surface area contributed by atoms with Gasteiger partial charge in [-0.3, -0.25) is 14.5 Å². The van der Waals surface area contributed by atoms with E-state index in [0.717, 1.165) is 0 Å². The molecule has 2 rings (SSSR count). The van der Waals surface area contributed by atoms with Gasteiger partial charge in [0.25, 0.3) is 5.91 Å². The van der Waals surface area contributed by atoms with Crippen LogP contribution in [-0.4, -0.2) is 79.3 Å². The van der Waals surface area contributed by atoms with E-state index in [4.69, 9.17) is 9.84 Å². The monoisotopic (exact) mass is 386 g/mol. The molecule has 1 heterocycles. The lowest BCUT2D eigenvalue weighted by Gasteiger charge is -2.34. The molecule has 0 bridgehead atoms. The van der Waals surface area contributed by atoms with Crippen LogP contribution >= 0.6 is 0 Å². The second-order valence-corrected chi connectivity index (χ2v) is 6.65. The molecule has 27 heavy (non-hydrogen) atoms. The summed E-state index contributed by atoms with van der Waals surface area (Å²) in [6.45, 7) is 1.66. The first kappa shape index (κ1) is 21.0. The lowest BCUT2D eigenvalue weighted by Crippen LogP contribution is -2.49. The summed E-state index contributed by atoms with van der Waals surface area (Å²) >= 11 is 0. The molecule has 1 aliphatic heterocycles. The third-order valence-corrected chi connectivity index (χ3v) is 4.26. The van der Waals surface area contributed by atoms with Crippen LogP contribution in [-0.2, 0) is 9.53 Å². The van der Waals surface area contributed by atoms with Crippen molar-refractivity contribution in [1.82, 2.24) is 9.80 Å². The molecule has 0 radical (unpaired) electrons. The number of nitrogens with zero attached hydrogens (tertiary/aromatic N) is 2. The smallest absolute Gasteiger partial charge is 0.387 e. The van der Waals surface area contributed by atoms with Crippen molar-refractivity contribution >= 4 is 11.9 Å². The first-order valence-corrected chi connectivity index (χ1v) is 8.54. The van der Waals surface area contributed by atoms with E-state index in [1.807, 2.05) is 0 Å². The number of ether oxygens (including phenoxy) is 2. The third kappa shape index (κ3) is 5.86. The summed E-state index contributed by atoms with van der Waals surface area (Å²) in [6.07, 6.45) is -0.296. The van der Waals surface area contributed by atoms with Gasteiger partial charge in [-0.2, -0.15) is 8.78 Å². The van der Waals surface area contributed by atoms with Crippen molar-refractivity contribution in [3.8, 4) is 5.75 Å². The van der Waals surface area contributed by atoms with E-state index in [0.29, 0.717) is 42.9 Å². The second kappa shape index (κ2) is 9.09. The van der Waals surface area contributed by atoms with Gasteiger partial charge in [-0.1, -0.05) is 0 Å². The Balaban J connectivity index is 2.07. The van der Waals surface area contributed by atoms with Gasteiger partial charge in [0, 0.05) is 25.2 Å². The van der Waals surface area contributed by atoms with E-state index in [2.05, 4.69) is 4.74 Å². The van der Waals surface area contributed by atoms with Crippen molar-refractivity contribution in [2.45, 2.75) is 26.6 Å². The van der Waals surface area contributed by atoms with Gasteiger partial charge in [-0.15, -0.1) is 0 Å². The normalized spacial score (nSPS) is 17.4. The van der Waals surface area contributed by atoms with Crippen LogP contribution in [0.25, 0.3) is 0 Å². The van der Waals surface area contributed by atoms with Crippen LogP contribution in [0.3, 0.4) is 0 Å². The molecule has 1 saturated heterocycles. The fourth-order valence-electron chi connectivity index (χ4n) is 3.19. The Bertz CT molecular complexity index is 675. The minimum absolute atomic E-state index is 0.0803. The predicted molar refractivity (Wildman–Crippen MR) is 93.3 cm³/mol. The largest absolute Gasteiger partial charge is 0.480 e. The van der Waals surface area contributed by atoms with Crippen LogP contribution in [0.15, 0.2) is 12.1 Å². The molecule has 0 aromatic heterocycles. The highest BCUT2D eigenvalue weighted by Crippen LogP contribution is 2.27. The second-order valence-electron chi connectivity index (χ2n) is 6.65. The number of morpholine rings is 1. The number of carboxylic acids is 1. The van der Waals surface area contributed by atoms with Gasteiger partial charge in [0.05, 0.1) is 19.3 Å². The summed E-state index contributed by atoms with van der Waals surface area (Å²) in [5.41, 5.74) is 1.32. The van der Waals surface area contributed by atoms with Gasteiger partial charge in [-0.25, -0.2) is 0 Å². The number of carboxylic acid groups (broad SMARTS) is 1. The molecule has 1 aliphatic rings. The Hall–Kier alpha value is -2.26. The van der Waals surface area contributed by atoms with Gasteiger partial charge in [0.1, 0.15) is 5.75 Å². The van der Waals surface area contributed by atoms with E-state index in [1.54, 1.807) is 30.7 Å². The molecule has 0 saturated carbocycles. The van der Waals surface area contributed by atoms with Gasteiger partial charge >= 0.3 is 12.6 Å². The lowest BCUT2D eigenvalue weighted by molar-refractivity contribution is -0.138. The van der Waals surface area contributed by atoms with Gasteiger partial charge < -0.3 is 19.5 Å². The molecule has 1 amide bonds. The van der Waals surface area contributed by atoms with E-state index in [9.17, 15) is 18.4 Å². The SMILES string of the molecule is Cc1cc(C(=O)N2CCOC(CN(C)CC(=O)O)C2)cc(C)c1OC(F)F. The predicted octanol–water partition coefficient (Wildman–Crippen LogP) is 1.76. The van der Waals surface area contributed by atoms with Crippen LogP contribution in [0, 0.1) is 13.8 Å². The molecule has 1 N–H and O–H groups in total. The molecular formula is C18H24F2N2O5. The highest BCUT2D eigenvalue weighted by Gasteiger charge is 2.27. The molecule has 1 unspecified atom stereocenters. The molecule has 0 spiro atoms. The fraction of sp³-hybridized carbons (Fsp3) is 0.556. The Morgan fingerprint density at radius 1 is 1.37 bits per heavy atom.